The predicted octanol–water partition coefficient (Wildman–Crippen LogP) is 5.48. The number of halogens is 2. The van der Waals surface area contributed by atoms with E-state index in [2.05, 4.69) is 26.2 Å². The SMILES string of the molecule is O=C(Nc1ccccc1Br)c1csc(-c2ccc(Cl)cc2)n1. The van der Waals surface area contributed by atoms with E-state index in [0.717, 1.165) is 15.0 Å². The lowest BCUT2D eigenvalue weighted by molar-refractivity contribution is 0.102. The Morgan fingerprint density at radius 3 is 2.59 bits per heavy atom. The van der Waals surface area contributed by atoms with Crippen molar-refractivity contribution in [3.8, 4) is 10.6 Å². The van der Waals surface area contributed by atoms with E-state index in [1.165, 1.54) is 11.3 Å². The summed E-state index contributed by atoms with van der Waals surface area (Å²) in [6.45, 7) is 0. The van der Waals surface area contributed by atoms with E-state index in [9.17, 15) is 4.79 Å². The van der Waals surface area contributed by atoms with Crippen molar-refractivity contribution in [2.75, 3.05) is 5.32 Å². The third-order valence-corrected chi connectivity index (χ3v) is 4.78. The van der Waals surface area contributed by atoms with Gasteiger partial charge in [-0.1, -0.05) is 35.9 Å². The predicted molar refractivity (Wildman–Crippen MR) is 94.7 cm³/mol. The van der Waals surface area contributed by atoms with Crippen molar-refractivity contribution in [2.24, 2.45) is 0 Å². The molecule has 0 aliphatic carbocycles. The molecule has 3 rings (SSSR count). The molecule has 1 aromatic heterocycles. The fourth-order valence-electron chi connectivity index (χ4n) is 1.85. The maximum absolute atomic E-state index is 12.3. The average molecular weight is 394 g/mol. The number of carbonyl (C=O) groups excluding carboxylic acids is 1. The van der Waals surface area contributed by atoms with Crippen molar-refractivity contribution >= 4 is 50.5 Å². The van der Waals surface area contributed by atoms with Gasteiger partial charge in [-0.25, -0.2) is 4.98 Å². The zero-order valence-electron chi connectivity index (χ0n) is 11.2. The van der Waals surface area contributed by atoms with Gasteiger partial charge in [0.25, 0.3) is 5.91 Å². The van der Waals surface area contributed by atoms with Gasteiger partial charge < -0.3 is 5.32 Å². The molecule has 0 saturated heterocycles. The number of hydrogen-bond donors (Lipinski definition) is 1. The highest BCUT2D eigenvalue weighted by Crippen LogP contribution is 2.26. The molecule has 0 atom stereocenters. The van der Waals surface area contributed by atoms with E-state index in [4.69, 9.17) is 11.6 Å². The van der Waals surface area contributed by atoms with Crippen LogP contribution in [0.3, 0.4) is 0 Å². The molecule has 1 heterocycles. The largest absolute Gasteiger partial charge is 0.320 e. The molecule has 3 aromatic rings. The molecule has 0 aliphatic heterocycles. The Balaban J connectivity index is 1.80. The summed E-state index contributed by atoms with van der Waals surface area (Å²) in [5.74, 6) is -0.233. The van der Waals surface area contributed by atoms with Gasteiger partial charge in [0.05, 0.1) is 5.69 Å². The number of rotatable bonds is 3. The Hall–Kier alpha value is -1.69. The van der Waals surface area contributed by atoms with E-state index in [1.54, 1.807) is 17.5 Å². The third kappa shape index (κ3) is 3.38. The van der Waals surface area contributed by atoms with Gasteiger partial charge in [0.2, 0.25) is 0 Å². The minimum atomic E-state index is -0.233. The van der Waals surface area contributed by atoms with Crippen LogP contribution in [0, 0.1) is 0 Å². The number of nitrogens with zero attached hydrogens (tertiary/aromatic N) is 1. The van der Waals surface area contributed by atoms with Gasteiger partial charge in [-0.2, -0.15) is 0 Å². The number of nitrogens with one attached hydrogen (secondary N) is 1. The van der Waals surface area contributed by atoms with Gasteiger partial charge >= 0.3 is 0 Å². The van der Waals surface area contributed by atoms with E-state index in [1.807, 2.05) is 36.4 Å². The van der Waals surface area contributed by atoms with Gasteiger partial charge in [0.1, 0.15) is 10.7 Å². The summed E-state index contributed by atoms with van der Waals surface area (Å²) >= 11 is 10.7. The highest BCUT2D eigenvalue weighted by atomic mass is 79.9. The first-order valence-electron chi connectivity index (χ1n) is 6.41. The Labute approximate surface area is 145 Å². The van der Waals surface area contributed by atoms with Crippen LogP contribution in [0.5, 0.6) is 0 Å². The van der Waals surface area contributed by atoms with Crippen molar-refractivity contribution in [3.63, 3.8) is 0 Å². The number of aromatic nitrogens is 1. The zero-order valence-corrected chi connectivity index (χ0v) is 14.4. The highest BCUT2D eigenvalue weighted by Gasteiger charge is 2.13. The molecular weight excluding hydrogens is 384 g/mol. The molecule has 0 bridgehead atoms. The normalized spacial score (nSPS) is 10.5. The molecule has 0 aliphatic rings. The molecule has 22 heavy (non-hydrogen) atoms. The molecule has 1 N–H and O–H groups in total. The Kier molecular flexibility index (Phi) is 4.57. The van der Waals surface area contributed by atoms with Crippen LogP contribution >= 0.6 is 38.9 Å². The number of benzene rings is 2. The summed E-state index contributed by atoms with van der Waals surface area (Å²) < 4.78 is 0.830. The first kappa shape index (κ1) is 15.2. The fraction of sp³-hybridized carbons (Fsp3) is 0. The number of hydrogen-bond acceptors (Lipinski definition) is 3. The van der Waals surface area contributed by atoms with Gasteiger partial charge in [0, 0.05) is 20.4 Å². The van der Waals surface area contributed by atoms with Crippen molar-refractivity contribution in [2.45, 2.75) is 0 Å². The molecule has 1 amide bonds. The molecule has 0 saturated carbocycles. The van der Waals surface area contributed by atoms with E-state index >= 15 is 0 Å². The molecule has 0 spiro atoms. The van der Waals surface area contributed by atoms with Crippen molar-refractivity contribution in [1.82, 2.24) is 4.98 Å². The lowest BCUT2D eigenvalue weighted by Crippen LogP contribution is -2.12. The van der Waals surface area contributed by atoms with Crippen molar-refractivity contribution in [1.29, 1.82) is 0 Å². The number of carbonyl (C=O) groups is 1. The highest BCUT2D eigenvalue weighted by molar-refractivity contribution is 9.10. The van der Waals surface area contributed by atoms with Gasteiger partial charge in [0.15, 0.2) is 0 Å². The van der Waals surface area contributed by atoms with Gasteiger partial charge in [-0.15, -0.1) is 11.3 Å². The van der Waals surface area contributed by atoms with Gasteiger partial charge in [-0.3, -0.25) is 4.79 Å². The number of amides is 1. The molecule has 0 unspecified atom stereocenters. The maximum Gasteiger partial charge on any atom is 0.275 e. The van der Waals surface area contributed by atoms with E-state index in [-0.39, 0.29) is 5.91 Å². The second-order valence-electron chi connectivity index (χ2n) is 4.48. The van der Waals surface area contributed by atoms with Crippen LogP contribution in [0.15, 0.2) is 58.4 Å². The Bertz CT molecular complexity index is 817. The molecule has 3 nitrogen and oxygen atoms in total. The Morgan fingerprint density at radius 2 is 1.86 bits per heavy atom. The van der Waals surface area contributed by atoms with Crippen LogP contribution in [0.25, 0.3) is 10.6 Å². The Morgan fingerprint density at radius 1 is 1.14 bits per heavy atom. The summed E-state index contributed by atoms with van der Waals surface area (Å²) in [6.07, 6.45) is 0. The molecule has 0 fully saturated rings. The van der Waals surface area contributed by atoms with E-state index in [0.29, 0.717) is 16.4 Å². The molecular formula is C16H10BrClN2OS. The summed E-state index contributed by atoms with van der Waals surface area (Å²) in [7, 11) is 0. The monoisotopic (exact) mass is 392 g/mol. The number of anilines is 1. The second-order valence-corrected chi connectivity index (χ2v) is 6.63. The van der Waals surface area contributed by atoms with Crippen molar-refractivity contribution in [3.05, 3.63) is 69.1 Å². The van der Waals surface area contributed by atoms with Gasteiger partial charge in [-0.05, 0) is 40.2 Å². The van der Waals surface area contributed by atoms with E-state index < -0.39 is 0 Å². The summed E-state index contributed by atoms with van der Waals surface area (Å²) in [6, 6.07) is 14.8. The van der Waals surface area contributed by atoms with Crippen LogP contribution in [0.2, 0.25) is 5.02 Å². The first-order chi connectivity index (χ1) is 10.6. The minimum Gasteiger partial charge on any atom is -0.320 e. The first-order valence-corrected chi connectivity index (χ1v) is 8.46. The summed E-state index contributed by atoms with van der Waals surface area (Å²) in [5, 5.41) is 6.04. The second kappa shape index (κ2) is 6.60. The lowest BCUT2D eigenvalue weighted by Gasteiger charge is -2.04. The quantitative estimate of drug-likeness (QED) is 0.640. The minimum absolute atomic E-state index is 0.233. The van der Waals surface area contributed by atoms with Crippen LogP contribution < -0.4 is 5.32 Å². The molecule has 0 radical (unpaired) electrons. The standard InChI is InChI=1S/C16H10BrClN2OS/c17-12-3-1-2-4-13(12)19-15(21)14-9-22-16(20-14)10-5-7-11(18)8-6-10/h1-9H,(H,19,21). The van der Waals surface area contributed by atoms with Crippen LogP contribution in [0.1, 0.15) is 10.5 Å². The zero-order chi connectivity index (χ0) is 15.5. The lowest BCUT2D eigenvalue weighted by atomic mass is 10.2. The summed E-state index contributed by atoms with van der Waals surface area (Å²) in [4.78, 5) is 16.6. The number of para-hydroxylation sites is 1. The van der Waals surface area contributed by atoms with Crippen LogP contribution in [-0.4, -0.2) is 10.9 Å². The third-order valence-electron chi connectivity index (χ3n) is 2.95. The maximum atomic E-state index is 12.3. The van der Waals surface area contributed by atoms with Crippen LogP contribution in [-0.2, 0) is 0 Å². The summed E-state index contributed by atoms with van der Waals surface area (Å²) in [5.41, 5.74) is 2.05. The number of thiazole rings is 1. The molecule has 6 heteroatoms. The fourth-order valence-corrected chi connectivity index (χ4v) is 3.17. The topological polar surface area (TPSA) is 42.0 Å². The van der Waals surface area contributed by atoms with Crippen molar-refractivity contribution < 1.29 is 4.79 Å². The smallest absolute Gasteiger partial charge is 0.275 e. The molecule has 110 valence electrons. The molecule has 2 aromatic carbocycles. The van der Waals surface area contributed by atoms with Crippen LogP contribution in [0.4, 0.5) is 5.69 Å². The average Bonchev–Trinajstić information content (AvgIpc) is 3.00.